The first-order valence-electron chi connectivity index (χ1n) is 6.84. The van der Waals surface area contributed by atoms with Crippen LogP contribution in [0.4, 0.5) is 0 Å². The van der Waals surface area contributed by atoms with Crippen molar-refractivity contribution in [3.63, 3.8) is 0 Å². The van der Waals surface area contributed by atoms with E-state index in [1.165, 1.54) is 23.2 Å². The molecule has 100 valence electrons. The molecule has 3 nitrogen and oxygen atoms in total. The Kier molecular flexibility index (Phi) is 3.30. The van der Waals surface area contributed by atoms with Crippen molar-refractivity contribution in [2.75, 3.05) is 7.11 Å². The third-order valence-electron chi connectivity index (χ3n) is 3.93. The van der Waals surface area contributed by atoms with Gasteiger partial charge in [0.1, 0.15) is 5.75 Å². The summed E-state index contributed by atoms with van der Waals surface area (Å²) in [4.78, 5) is 0. The topological polar surface area (TPSA) is 40.2 Å². The van der Waals surface area contributed by atoms with Gasteiger partial charge < -0.3 is 15.0 Å². The summed E-state index contributed by atoms with van der Waals surface area (Å²) in [6.45, 7) is 0.888. The Balaban J connectivity index is 1.87. The molecule has 0 fully saturated rings. The Morgan fingerprint density at radius 2 is 2.26 bits per heavy atom. The molecular formula is C16H20N2O. The molecule has 1 aromatic heterocycles. The van der Waals surface area contributed by atoms with Crippen LogP contribution in [0.1, 0.15) is 35.7 Å². The molecule has 0 bridgehead atoms. The third kappa shape index (κ3) is 2.38. The SMILES string of the molecule is COc1cccc(Cn2ccc3c2CCCC3N)c1. The van der Waals surface area contributed by atoms with Gasteiger partial charge in [0.05, 0.1) is 7.11 Å². The predicted molar refractivity (Wildman–Crippen MR) is 76.4 cm³/mol. The second-order valence-corrected chi connectivity index (χ2v) is 5.20. The second-order valence-electron chi connectivity index (χ2n) is 5.20. The fraction of sp³-hybridized carbons (Fsp3) is 0.375. The lowest BCUT2D eigenvalue weighted by Gasteiger charge is -2.21. The van der Waals surface area contributed by atoms with E-state index < -0.39 is 0 Å². The number of rotatable bonds is 3. The minimum absolute atomic E-state index is 0.218. The molecular weight excluding hydrogens is 236 g/mol. The van der Waals surface area contributed by atoms with Crippen molar-refractivity contribution < 1.29 is 4.74 Å². The molecule has 0 spiro atoms. The van der Waals surface area contributed by atoms with Crippen molar-refractivity contribution in [2.24, 2.45) is 5.73 Å². The number of hydrogen-bond acceptors (Lipinski definition) is 2. The minimum Gasteiger partial charge on any atom is -0.497 e. The largest absolute Gasteiger partial charge is 0.497 e. The van der Waals surface area contributed by atoms with Crippen LogP contribution in [0.2, 0.25) is 0 Å². The standard InChI is InChI=1S/C16H20N2O/c1-19-13-5-2-4-12(10-13)11-18-9-8-14-15(17)6-3-7-16(14)18/h2,4-5,8-10,15H,3,6-7,11,17H2,1H3. The lowest BCUT2D eigenvalue weighted by Crippen LogP contribution is -2.18. The molecule has 0 saturated heterocycles. The van der Waals surface area contributed by atoms with Crippen LogP contribution in [0.3, 0.4) is 0 Å². The van der Waals surface area contributed by atoms with Gasteiger partial charge in [-0.3, -0.25) is 0 Å². The molecule has 19 heavy (non-hydrogen) atoms. The van der Waals surface area contributed by atoms with Gasteiger partial charge in [-0.15, -0.1) is 0 Å². The van der Waals surface area contributed by atoms with Crippen molar-refractivity contribution in [1.82, 2.24) is 4.57 Å². The molecule has 0 radical (unpaired) electrons. The van der Waals surface area contributed by atoms with E-state index in [9.17, 15) is 0 Å². The van der Waals surface area contributed by atoms with Crippen molar-refractivity contribution >= 4 is 0 Å². The van der Waals surface area contributed by atoms with Crippen LogP contribution in [0.15, 0.2) is 36.5 Å². The van der Waals surface area contributed by atoms with Crippen LogP contribution in [-0.4, -0.2) is 11.7 Å². The first-order valence-corrected chi connectivity index (χ1v) is 6.84. The Morgan fingerprint density at radius 3 is 3.11 bits per heavy atom. The number of ether oxygens (including phenoxy) is 1. The quantitative estimate of drug-likeness (QED) is 0.917. The van der Waals surface area contributed by atoms with E-state index in [0.29, 0.717) is 0 Å². The molecule has 2 N–H and O–H groups in total. The van der Waals surface area contributed by atoms with Crippen molar-refractivity contribution in [3.8, 4) is 5.75 Å². The van der Waals surface area contributed by atoms with Gasteiger partial charge in [-0.05, 0) is 48.6 Å². The van der Waals surface area contributed by atoms with Gasteiger partial charge >= 0.3 is 0 Å². The molecule has 1 aromatic carbocycles. The molecule has 1 aliphatic carbocycles. The number of benzene rings is 1. The van der Waals surface area contributed by atoms with E-state index in [1.807, 2.05) is 12.1 Å². The molecule has 0 saturated carbocycles. The summed E-state index contributed by atoms with van der Waals surface area (Å²) in [5.74, 6) is 0.912. The maximum absolute atomic E-state index is 6.17. The normalized spacial score (nSPS) is 18.1. The molecule has 0 aliphatic heterocycles. The molecule has 3 rings (SSSR count). The molecule has 3 heteroatoms. The maximum atomic E-state index is 6.17. The van der Waals surface area contributed by atoms with Gasteiger partial charge in [-0.25, -0.2) is 0 Å². The van der Waals surface area contributed by atoms with Crippen LogP contribution in [0.25, 0.3) is 0 Å². The monoisotopic (exact) mass is 256 g/mol. The zero-order chi connectivity index (χ0) is 13.2. The van der Waals surface area contributed by atoms with E-state index in [1.54, 1.807) is 7.11 Å². The summed E-state index contributed by atoms with van der Waals surface area (Å²) in [6.07, 6.45) is 5.60. The number of nitrogens with two attached hydrogens (primary N) is 1. The first-order chi connectivity index (χ1) is 9.28. The summed E-state index contributed by atoms with van der Waals surface area (Å²) in [6, 6.07) is 10.6. The van der Waals surface area contributed by atoms with Gasteiger partial charge in [0.2, 0.25) is 0 Å². The van der Waals surface area contributed by atoms with E-state index in [4.69, 9.17) is 10.5 Å². The number of methoxy groups -OCH3 is 1. The predicted octanol–water partition coefficient (Wildman–Crippen LogP) is 2.88. The van der Waals surface area contributed by atoms with E-state index in [-0.39, 0.29) is 6.04 Å². The highest BCUT2D eigenvalue weighted by Crippen LogP contribution is 2.29. The highest BCUT2D eigenvalue weighted by Gasteiger charge is 2.19. The lowest BCUT2D eigenvalue weighted by molar-refractivity contribution is 0.414. The lowest BCUT2D eigenvalue weighted by atomic mass is 9.93. The molecule has 0 amide bonds. The first kappa shape index (κ1) is 12.3. The van der Waals surface area contributed by atoms with Crippen LogP contribution in [0.5, 0.6) is 5.75 Å². The van der Waals surface area contributed by atoms with Crippen LogP contribution < -0.4 is 10.5 Å². The van der Waals surface area contributed by atoms with Gasteiger partial charge in [0.25, 0.3) is 0 Å². The zero-order valence-electron chi connectivity index (χ0n) is 11.3. The number of fused-ring (bicyclic) bond motifs is 1. The zero-order valence-corrected chi connectivity index (χ0v) is 11.3. The van der Waals surface area contributed by atoms with E-state index in [2.05, 4.69) is 29.0 Å². The fourth-order valence-corrected chi connectivity index (χ4v) is 2.91. The maximum Gasteiger partial charge on any atom is 0.119 e. The minimum atomic E-state index is 0.218. The van der Waals surface area contributed by atoms with Crippen molar-refractivity contribution in [2.45, 2.75) is 31.8 Å². The van der Waals surface area contributed by atoms with Crippen molar-refractivity contribution in [3.05, 3.63) is 53.3 Å². The number of nitrogens with zero attached hydrogens (tertiary/aromatic N) is 1. The van der Waals surface area contributed by atoms with Gasteiger partial charge in [0, 0.05) is 24.5 Å². The van der Waals surface area contributed by atoms with E-state index in [0.717, 1.165) is 25.1 Å². The smallest absolute Gasteiger partial charge is 0.119 e. The molecule has 2 aromatic rings. The summed E-state index contributed by atoms with van der Waals surface area (Å²) < 4.78 is 7.60. The summed E-state index contributed by atoms with van der Waals surface area (Å²) in [5, 5.41) is 0. The number of aromatic nitrogens is 1. The Bertz CT molecular complexity index is 574. The van der Waals surface area contributed by atoms with Crippen LogP contribution in [0, 0.1) is 0 Å². The molecule has 1 unspecified atom stereocenters. The fourth-order valence-electron chi connectivity index (χ4n) is 2.91. The van der Waals surface area contributed by atoms with Gasteiger partial charge in [-0.1, -0.05) is 12.1 Å². The average Bonchev–Trinajstić information content (AvgIpc) is 2.84. The van der Waals surface area contributed by atoms with E-state index >= 15 is 0 Å². The molecule has 1 atom stereocenters. The average molecular weight is 256 g/mol. The summed E-state index contributed by atoms with van der Waals surface area (Å²) >= 11 is 0. The molecule has 1 aliphatic rings. The van der Waals surface area contributed by atoms with Crippen molar-refractivity contribution in [1.29, 1.82) is 0 Å². The second kappa shape index (κ2) is 5.10. The summed E-state index contributed by atoms with van der Waals surface area (Å²) in [5.41, 5.74) is 10.2. The number of hydrogen-bond donors (Lipinski definition) is 1. The molecule has 1 heterocycles. The van der Waals surface area contributed by atoms with Crippen LogP contribution >= 0.6 is 0 Å². The van der Waals surface area contributed by atoms with Crippen LogP contribution in [-0.2, 0) is 13.0 Å². The Hall–Kier alpha value is -1.74. The Morgan fingerprint density at radius 1 is 1.37 bits per heavy atom. The summed E-state index contributed by atoms with van der Waals surface area (Å²) in [7, 11) is 1.70. The highest BCUT2D eigenvalue weighted by atomic mass is 16.5. The van der Waals surface area contributed by atoms with Gasteiger partial charge in [0.15, 0.2) is 0 Å². The third-order valence-corrected chi connectivity index (χ3v) is 3.93. The Labute approximate surface area is 114 Å². The van der Waals surface area contributed by atoms with Gasteiger partial charge in [-0.2, -0.15) is 0 Å². The highest BCUT2D eigenvalue weighted by molar-refractivity contribution is 5.32.